The molecule has 0 spiro atoms. The number of methoxy groups -OCH3 is 1. The summed E-state index contributed by atoms with van der Waals surface area (Å²) in [4.78, 5) is 19.4. The minimum Gasteiger partial charge on any atom is -0.465 e. The topological polar surface area (TPSA) is 59.4 Å². The molecule has 4 aromatic rings. The minimum absolute atomic E-state index is 0.139. The predicted molar refractivity (Wildman–Crippen MR) is 146 cm³/mol. The fourth-order valence-corrected chi connectivity index (χ4v) is 5.48. The van der Waals surface area contributed by atoms with Crippen molar-refractivity contribution in [3.63, 3.8) is 0 Å². The maximum absolute atomic E-state index is 12.6. The van der Waals surface area contributed by atoms with Gasteiger partial charge in [0.25, 0.3) is 0 Å². The number of carbonyl (C=O) groups is 1. The highest BCUT2D eigenvalue weighted by molar-refractivity contribution is 7.80. The molecular weight excluding hydrogens is 468 g/mol. The van der Waals surface area contributed by atoms with E-state index < -0.39 is 0 Å². The van der Waals surface area contributed by atoms with Crippen LogP contribution in [0, 0.1) is 20.8 Å². The molecule has 1 aliphatic rings. The second-order valence-electron chi connectivity index (χ2n) is 9.01. The Bertz CT molecular complexity index is 1450. The van der Waals surface area contributed by atoms with Gasteiger partial charge in [0.1, 0.15) is 0 Å². The fraction of sp³-hybridized carbons (Fsp3) is 0.207. The van der Waals surface area contributed by atoms with E-state index in [1.165, 1.54) is 7.11 Å². The van der Waals surface area contributed by atoms with E-state index in [1.54, 1.807) is 6.07 Å². The number of hydrogen-bond acceptors (Lipinski definition) is 4. The number of aryl methyl sites for hydroxylation is 2. The molecule has 0 saturated carbocycles. The van der Waals surface area contributed by atoms with Gasteiger partial charge in [-0.25, -0.2) is 4.79 Å². The third-order valence-corrected chi connectivity index (χ3v) is 7.03. The maximum Gasteiger partial charge on any atom is 0.339 e. The van der Waals surface area contributed by atoms with Gasteiger partial charge in [-0.05, 0) is 86.6 Å². The van der Waals surface area contributed by atoms with Crippen LogP contribution in [0.4, 0.5) is 5.69 Å². The number of para-hydroxylation sites is 1. The van der Waals surface area contributed by atoms with Crippen molar-refractivity contribution in [3.05, 3.63) is 113 Å². The van der Waals surface area contributed by atoms with Gasteiger partial charge < -0.3 is 19.5 Å². The van der Waals surface area contributed by atoms with Crippen LogP contribution in [0.2, 0.25) is 0 Å². The normalized spacial score (nSPS) is 17.2. The van der Waals surface area contributed by atoms with Crippen molar-refractivity contribution in [2.24, 2.45) is 0 Å². The number of carbonyl (C=O) groups excluding carboxylic acids is 1. The van der Waals surface area contributed by atoms with E-state index in [0.717, 1.165) is 39.6 Å². The Balaban J connectivity index is 1.70. The first-order chi connectivity index (χ1) is 17.4. The van der Waals surface area contributed by atoms with Crippen LogP contribution >= 0.6 is 12.2 Å². The Kier molecular flexibility index (Phi) is 6.33. The molecule has 0 amide bonds. The number of nitrogens with one attached hydrogen (secondary N) is 1. The first kappa shape index (κ1) is 23.8. The molecule has 1 fully saturated rings. The number of aromatic nitrogens is 2. The summed E-state index contributed by atoms with van der Waals surface area (Å²) in [6.45, 7) is 6.22. The van der Waals surface area contributed by atoms with Crippen LogP contribution in [0.15, 0.2) is 79.0 Å². The minimum atomic E-state index is -0.365. The molecular formula is C29H28N4O2S. The number of hydrogen-bond donors (Lipinski definition) is 1. The Morgan fingerprint density at radius 3 is 2.50 bits per heavy atom. The lowest BCUT2D eigenvalue weighted by molar-refractivity contribution is 0.0600. The molecule has 0 unspecified atom stereocenters. The summed E-state index contributed by atoms with van der Waals surface area (Å²) >= 11 is 5.89. The van der Waals surface area contributed by atoms with Crippen LogP contribution in [0.25, 0.3) is 5.69 Å². The molecule has 1 aliphatic heterocycles. The van der Waals surface area contributed by atoms with Crippen molar-refractivity contribution in [1.29, 1.82) is 0 Å². The Morgan fingerprint density at radius 1 is 1.00 bits per heavy atom. The molecule has 5 rings (SSSR count). The van der Waals surface area contributed by atoms with Crippen LogP contribution < -0.4 is 10.2 Å². The highest BCUT2D eigenvalue weighted by atomic mass is 32.1. The first-order valence-electron chi connectivity index (χ1n) is 11.8. The Hall–Kier alpha value is -3.97. The highest BCUT2D eigenvalue weighted by Gasteiger charge is 2.42. The van der Waals surface area contributed by atoms with Crippen LogP contribution in [0.1, 0.15) is 50.7 Å². The van der Waals surface area contributed by atoms with Crippen molar-refractivity contribution in [3.8, 4) is 5.69 Å². The molecule has 6 nitrogen and oxygen atoms in total. The molecule has 182 valence electrons. The third-order valence-electron chi connectivity index (χ3n) is 6.72. The second kappa shape index (κ2) is 9.59. The zero-order chi connectivity index (χ0) is 25.4. The molecule has 1 N–H and O–H groups in total. The number of benzene rings is 2. The van der Waals surface area contributed by atoms with Gasteiger partial charge in [0.05, 0.1) is 36.1 Å². The Labute approximate surface area is 216 Å². The smallest absolute Gasteiger partial charge is 0.339 e. The lowest BCUT2D eigenvalue weighted by atomic mass is 9.96. The number of nitrogens with zero attached hydrogens (tertiary/aromatic N) is 3. The SMILES string of the molecule is COC(=O)c1ccccc1-n1c(C)cc([C@H]2[C@@H](c3ccccn3)NC(=S)N2c2cccc(C)c2)c1C. The van der Waals surface area contributed by atoms with E-state index in [1.807, 2.05) is 48.7 Å². The van der Waals surface area contributed by atoms with Crippen LogP contribution in [0.3, 0.4) is 0 Å². The predicted octanol–water partition coefficient (Wildman–Crippen LogP) is 5.76. The largest absolute Gasteiger partial charge is 0.465 e. The number of anilines is 1. The van der Waals surface area contributed by atoms with Gasteiger partial charge in [-0.1, -0.05) is 30.3 Å². The van der Waals surface area contributed by atoms with Gasteiger partial charge in [0, 0.05) is 23.3 Å². The van der Waals surface area contributed by atoms with E-state index in [2.05, 4.69) is 64.8 Å². The average Bonchev–Trinajstić information content (AvgIpc) is 3.39. The van der Waals surface area contributed by atoms with Gasteiger partial charge in [-0.3, -0.25) is 4.98 Å². The summed E-state index contributed by atoms with van der Waals surface area (Å²) < 4.78 is 7.18. The molecule has 2 atom stereocenters. The van der Waals surface area contributed by atoms with Crippen molar-refractivity contribution in [2.45, 2.75) is 32.9 Å². The summed E-state index contributed by atoms with van der Waals surface area (Å²) in [5.74, 6) is -0.365. The summed E-state index contributed by atoms with van der Waals surface area (Å²) in [6.07, 6.45) is 1.81. The number of pyridine rings is 1. The summed E-state index contributed by atoms with van der Waals surface area (Å²) in [5, 5.41) is 4.19. The lowest BCUT2D eigenvalue weighted by Crippen LogP contribution is -2.29. The van der Waals surface area contributed by atoms with Gasteiger partial charge >= 0.3 is 5.97 Å². The monoisotopic (exact) mass is 496 g/mol. The summed E-state index contributed by atoms with van der Waals surface area (Å²) in [7, 11) is 1.41. The molecule has 0 radical (unpaired) electrons. The summed E-state index contributed by atoms with van der Waals surface area (Å²) in [5.41, 5.74) is 7.56. The first-order valence-corrected chi connectivity index (χ1v) is 12.3. The van der Waals surface area contributed by atoms with Gasteiger partial charge in [-0.2, -0.15) is 0 Å². The molecule has 2 aromatic carbocycles. The standard InChI is InChI=1S/C29H28N4O2S/c1-18-10-9-11-21(16-18)33-27(26(31-29(33)36)24-13-7-8-15-30-24)23-17-19(2)32(20(23)3)25-14-6-5-12-22(25)28(34)35-4/h5-17,26-27H,1-4H3,(H,31,36)/t26-,27+/m1/s1. The quantitative estimate of drug-likeness (QED) is 0.280. The lowest BCUT2D eigenvalue weighted by Gasteiger charge is -2.28. The number of ether oxygens (including phenoxy) is 1. The average molecular weight is 497 g/mol. The second-order valence-corrected chi connectivity index (χ2v) is 9.39. The van der Waals surface area contributed by atoms with Crippen molar-refractivity contribution < 1.29 is 9.53 Å². The fourth-order valence-electron chi connectivity index (χ4n) is 5.14. The van der Waals surface area contributed by atoms with Crippen LogP contribution in [-0.2, 0) is 4.74 Å². The van der Waals surface area contributed by atoms with E-state index in [-0.39, 0.29) is 18.1 Å². The van der Waals surface area contributed by atoms with E-state index in [9.17, 15) is 4.79 Å². The van der Waals surface area contributed by atoms with E-state index in [0.29, 0.717) is 10.7 Å². The molecule has 0 aliphatic carbocycles. The Morgan fingerprint density at radius 2 is 1.78 bits per heavy atom. The third kappa shape index (κ3) is 4.05. The molecule has 36 heavy (non-hydrogen) atoms. The van der Waals surface area contributed by atoms with Gasteiger partial charge in [-0.15, -0.1) is 0 Å². The zero-order valence-electron chi connectivity index (χ0n) is 20.7. The summed E-state index contributed by atoms with van der Waals surface area (Å²) in [6, 6.07) is 23.7. The molecule has 0 bridgehead atoms. The van der Waals surface area contributed by atoms with Crippen LogP contribution in [0.5, 0.6) is 0 Å². The number of rotatable bonds is 5. The van der Waals surface area contributed by atoms with Gasteiger partial charge in [0.15, 0.2) is 5.11 Å². The van der Waals surface area contributed by atoms with Crippen molar-refractivity contribution in [1.82, 2.24) is 14.9 Å². The maximum atomic E-state index is 12.6. The van der Waals surface area contributed by atoms with E-state index >= 15 is 0 Å². The molecule has 7 heteroatoms. The number of thiocarbonyl (C=S) groups is 1. The number of esters is 1. The molecule has 1 saturated heterocycles. The van der Waals surface area contributed by atoms with Crippen molar-refractivity contribution in [2.75, 3.05) is 12.0 Å². The zero-order valence-corrected chi connectivity index (χ0v) is 21.5. The van der Waals surface area contributed by atoms with Gasteiger partial charge in [0.2, 0.25) is 0 Å². The van der Waals surface area contributed by atoms with Crippen LogP contribution in [-0.4, -0.2) is 27.7 Å². The molecule has 2 aromatic heterocycles. The molecule has 3 heterocycles. The highest BCUT2D eigenvalue weighted by Crippen LogP contribution is 2.44. The van der Waals surface area contributed by atoms with Crippen molar-refractivity contribution >= 4 is 29.0 Å². The van der Waals surface area contributed by atoms with E-state index in [4.69, 9.17) is 17.0 Å².